The van der Waals surface area contributed by atoms with Gasteiger partial charge in [0.2, 0.25) is 21.9 Å². The summed E-state index contributed by atoms with van der Waals surface area (Å²) < 4.78 is 83.7. The maximum atomic E-state index is 14.0. The zero-order chi connectivity index (χ0) is 27.0. The molecule has 4 rings (SSSR count). The van der Waals surface area contributed by atoms with Crippen LogP contribution in [0.5, 0.6) is 5.75 Å². The summed E-state index contributed by atoms with van der Waals surface area (Å²) in [7, 11) is -3.42. The Bertz CT molecular complexity index is 1400. The lowest BCUT2D eigenvalue weighted by Crippen LogP contribution is -2.44. The van der Waals surface area contributed by atoms with Crippen molar-refractivity contribution in [3.8, 4) is 5.75 Å². The van der Waals surface area contributed by atoms with E-state index in [1.54, 1.807) is 19.9 Å². The Morgan fingerprint density at radius 1 is 1.16 bits per heavy atom. The van der Waals surface area contributed by atoms with Crippen molar-refractivity contribution in [2.24, 2.45) is 5.92 Å². The third-order valence-electron chi connectivity index (χ3n) is 6.20. The summed E-state index contributed by atoms with van der Waals surface area (Å²) in [4.78, 5) is 17.5. The Morgan fingerprint density at radius 3 is 2.51 bits per heavy atom. The van der Waals surface area contributed by atoms with E-state index in [0.717, 1.165) is 6.07 Å². The largest absolute Gasteiger partial charge is 0.573 e. The molecule has 1 N–H and O–H groups in total. The third-order valence-corrected chi connectivity index (χ3v) is 8.47. The van der Waals surface area contributed by atoms with Gasteiger partial charge in [-0.15, -0.1) is 13.2 Å². The topological polar surface area (TPSA) is 93.5 Å². The van der Waals surface area contributed by atoms with Gasteiger partial charge in [0.25, 0.3) is 0 Å². The van der Waals surface area contributed by atoms with Gasteiger partial charge in [-0.2, -0.15) is 0 Å². The summed E-state index contributed by atoms with van der Waals surface area (Å²) in [6.45, 7) is 3.62. The number of carbonyl (C=O) groups excluding carboxylic acids is 1. The van der Waals surface area contributed by atoms with Crippen LogP contribution in [0.1, 0.15) is 32.3 Å². The molecule has 1 saturated heterocycles. The lowest BCUT2D eigenvalue weighted by molar-refractivity contribution is -0.274. The average Bonchev–Trinajstić information content (AvgIpc) is 3.14. The van der Waals surface area contributed by atoms with E-state index in [1.165, 1.54) is 39.2 Å². The van der Waals surface area contributed by atoms with Crippen LogP contribution in [-0.2, 0) is 21.4 Å². The monoisotopic (exact) mass is 542 g/mol. The number of nitrogens with zero attached hydrogens (tertiary/aromatic N) is 3. The summed E-state index contributed by atoms with van der Waals surface area (Å²) in [5.41, 5.74) is 1.14. The molecular formula is C24H26F4N4O4S. The van der Waals surface area contributed by atoms with E-state index >= 15 is 0 Å². The van der Waals surface area contributed by atoms with Gasteiger partial charge in [0.1, 0.15) is 11.6 Å². The number of fused-ring (bicyclic) bond motifs is 1. The number of amides is 1. The third kappa shape index (κ3) is 6.21. The molecule has 0 bridgehead atoms. The number of ether oxygens (including phenoxy) is 1. The minimum atomic E-state index is -4.85. The fourth-order valence-electron chi connectivity index (χ4n) is 4.26. The summed E-state index contributed by atoms with van der Waals surface area (Å²) in [6.07, 6.45) is -4.21. The van der Waals surface area contributed by atoms with E-state index in [-0.39, 0.29) is 31.5 Å². The predicted octanol–water partition coefficient (Wildman–Crippen LogP) is 4.51. The van der Waals surface area contributed by atoms with E-state index in [2.05, 4.69) is 15.0 Å². The highest BCUT2D eigenvalue weighted by Gasteiger charge is 2.33. The van der Waals surface area contributed by atoms with E-state index in [4.69, 9.17) is 0 Å². The molecule has 2 aromatic carbocycles. The number of imidazole rings is 1. The van der Waals surface area contributed by atoms with Gasteiger partial charge in [0.05, 0.1) is 22.8 Å². The number of benzene rings is 2. The molecule has 3 aromatic rings. The van der Waals surface area contributed by atoms with Crippen LogP contribution in [0.25, 0.3) is 11.0 Å². The molecule has 1 amide bonds. The molecular weight excluding hydrogens is 516 g/mol. The SMILES string of the molecule is CC(C)S(=O)(=O)N1CCC(C(=O)Nc2nc3ccc(F)cc3n2Cc2cccc(OC(F)(F)F)c2)CC1. The predicted molar refractivity (Wildman–Crippen MR) is 129 cm³/mol. The zero-order valence-corrected chi connectivity index (χ0v) is 20.9. The highest BCUT2D eigenvalue weighted by Crippen LogP contribution is 2.28. The first-order chi connectivity index (χ1) is 17.3. The van der Waals surface area contributed by atoms with Crippen molar-refractivity contribution < 1.29 is 35.5 Å². The van der Waals surface area contributed by atoms with Crippen molar-refractivity contribution in [1.82, 2.24) is 13.9 Å². The van der Waals surface area contributed by atoms with Crippen molar-refractivity contribution in [3.05, 3.63) is 53.8 Å². The van der Waals surface area contributed by atoms with Crippen LogP contribution in [0.2, 0.25) is 0 Å². The number of hydrogen-bond acceptors (Lipinski definition) is 5. The smallest absolute Gasteiger partial charge is 0.406 e. The van der Waals surface area contributed by atoms with E-state index < -0.39 is 39.1 Å². The average molecular weight is 543 g/mol. The van der Waals surface area contributed by atoms with Gasteiger partial charge in [0.15, 0.2) is 0 Å². The fourth-order valence-corrected chi connectivity index (χ4v) is 5.57. The second kappa shape index (κ2) is 10.3. The maximum absolute atomic E-state index is 14.0. The molecule has 0 saturated carbocycles. The number of sulfonamides is 1. The van der Waals surface area contributed by atoms with Crippen LogP contribution in [0.15, 0.2) is 42.5 Å². The highest BCUT2D eigenvalue weighted by molar-refractivity contribution is 7.89. The molecule has 0 unspecified atom stereocenters. The summed E-state index contributed by atoms with van der Waals surface area (Å²) in [6, 6.07) is 9.22. The molecule has 0 radical (unpaired) electrons. The maximum Gasteiger partial charge on any atom is 0.573 e. The lowest BCUT2D eigenvalue weighted by atomic mass is 9.97. The van der Waals surface area contributed by atoms with Crippen LogP contribution in [0.3, 0.4) is 0 Å². The van der Waals surface area contributed by atoms with E-state index in [1.807, 2.05) is 0 Å². The molecule has 1 fully saturated rings. The summed E-state index contributed by atoms with van der Waals surface area (Å²) >= 11 is 0. The van der Waals surface area contributed by atoms with Gasteiger partial charge in [-0.1, -0.05) is 12.1 Å². The Labute approximate surface area is 211 Å². The molecule has 1 aliphatic rings. The van der Waals surface area contributed by atoms with Gasteiger partial charge < -0.3 is 9.30 Å². The molecule has 0 atom stereocenters. The minimum absolute atomic E-state index is 0.0182. The number of rotatable bonds is 7. The molecule has 2 heterocycles. The number of nitrogens with one attached hydrogen (secondary N) is 1. The van der Waals surface area contributed by atoms with Gasteiger partial charge in [-0.3, -0.25) is 10.1 Å². The van der Waals surface area contributed by atoms with Crippen molar-refractivity contribution >= 4 is 32.9 Å². The first-order valence-electron chi connectivity index (χ1n) is 11.6. The Hall–Kier alpha value is -3.19. The molecule has 0 spiro atoms. The molecule has 8 nitrogen and oxygen atoms in total. The Morgan fingerprint density at radius 2 is 1.86 bits per heavy atom. The van der Waals surface area contributed by atoms with Crippen LogP contribution in [0, 0.1) is 11.7 Å². The normalized spacial score (nSPS) is 15.9. The first-order valence-corrected chi connectivity index (χ1v) is 13.1. The van der Waals surface area contributed by atoms with Crippen molar-refractivity contribution in [2.45, 2.75) is 44.8 Å². The standard InChI is InChI=1S/C24H26F4N4O4S/c1-15(2)37(34,35)31-10-8-17(9-11-31)22(33)30-23-29-20-7-6-18(25)13-21(20)32(23)14-16-4-3-5-19(12-16)36-24(26,27)28/h3-7,12-13,15,17H,8-11,14H2,1-2H3,(H,29,30,33). The Balaban J connectivity index is 1.56. The number of anilines is 1. The molecule has 1 aliphatic heterocycles. The number of carbonyl (C=O) groups is 1. The number of alkyl halides is 3. The van der Waals surface area contributed by atoms with Crippen LogP contribution in [0.4, 0.5) is 23.5 Å². The molecule has 37 heavy (non-hydrogen) atoms. The second-order valence-corrected chi connectivity index (χ2v) is 11.6. The number of hydrogen-bond donors (Lipinski definition) is 1. The molecule has 0 aliphatic carbocycles. The summed E-state index contributed by atoms with van der Waals surface area (Å²) in [5, 5.41) is 2.19. The highest BCUT2D eigenvalue weighted by atomic mass is 32.2. The fraction of sp³-hybridized carbons (Fsp3) is 0.417. The van der Waals surface area contributed by atoms with Crippen molar-refractivity contribution in [3.63, 3.8) is 0 Å². The Kier molecular flexibility index (Phi) is 7.47. The van der Waals surface area contributed by atoms with Crippen molar-refractivity contribution in [1.29, 1.82) is 0 Å². The molecule has 1 aromatic heterocycles. The minimum Gasteiger partial charge on any atom is -0.406 e. The van der Waals surface area contributed by atoms with Gasteiger partial charge >= 0.3 is 6.36 Å². The van der Waals surface area contributed by atoms with Crippen LogP contribution < -0.4 is 10.1 Å². The second-order valence-electron chi connectivity index (χ2n) is 9.11. The van der Waals surface area contributed by atoms with E-state index in [9.17, 15) is 30.8 Å². The number of halogens is 4. The van der Waals surface area contributed by atoms with Crippen molar-refractivity contribution in [2.75, 3.05) is 18.4 Å². The van der Waals surface area contributed by atoms with Crippen LogP contribution >= 0.6 is 0 Å². The quantitative estimate of drug-likeness (QED) is 0.444. The van der Waals surface area contributed by atoms with Gasteiger partial charge in [0, 0.05) is 19.0 Å². The lowest BCUT2D eigenvalue weighted by Gasteiger charge is -2.31. The summed E-state index contributed by atoms with van der Waals surface area (Å²) in [5.74, 6) is -1.68. The molecule has 200 valence electrons. The van der Waals surface area contributed by atoms with Crippen LogP contribution in [-0.4, -0.2) is 52.9 Å². The number of piperidine rings is 1. The van der Waals surface area contributed by atoms with Gasteiger partial charge in [-0.25, -0.2) is 22.1 Å². The molecule has 13 heteroatoms. The number of aromatic nitrogens is 2. The zero-order valence-electron chi connectivity index (χ0n) is 20.1. The van der Waals surface area contributed by atoms with E-state index in [0.29, 0.717) is 29.4 Å². The van der Waals surface area contributed by atoms with Gasteiger partial charge in [-0.05, 0) is 62.6 Å². The first kappa shape index (κ1) is 26.9.